The maximum absolute atomic E-state index is 12.1. The van der Waals surface area contributed by atoms with E-state index in [2.05, 4.69) is 10.6 Å². The van der Waals surface area contributed by atoms with Crippen molar-refractivity contribution in [2.45, 2.75) is 0 Å². The number of amides is 2. The zero-order valence-electron chi connectivity index (χ0n) is 12.5. The molecule has 0 unspecified atom stereocenters. The highest BCUT2D eigenvalue weighted by atomic mass is 16.5. The molecule has 0 radical (unpaired) electrons. The third-order valence-corrected chi connectivity index (χ3v) is 3.06. The maximum atomic E-state index is 12.1. The third-order valence-electron chi connectivity index (χ3n) is 3.06. The molecule has 2 aromatic carbocycles. The maximum Gasteiger partial charge on any atom is 0.255 e. The first-order chi connectivity index (χ1) is 11.1. The number of nitrogens with one attached hydrogen (secondary N) is 2. The van der Waals surface area contributed by atoms with Crippen LogP contribution in [0, 0.1) is 11.3 Å². The molecule has 116 valence electrons. The van der Waals surface area contributed by atoms with Crippen molar-refractivity contribution in [2.24, 2.45) is 0 Å². The number of nitrogens with zero attached hydrogens (tertiary/aromatic N) is 1. The number of hydrogen-bond donors (Lipinski definition) is 2. The fourth-order valence-electron chi connectivity index (χ4n) is 1.92. The van der Waals surface area contributed by atoms with Crippen molar-refractivity contribution < 1.29 is 14.3 Å². The molecular weight excluding hydrogens is 294 g/mol. The minimum atomic E-state index is -0.391. The molecule has 0 spiro atoms. The Morgan fingerprint density at radius 3 is 2.48 bits per heavy atom. The summed E-state index contributed by atoms with van der Waals surface area (Å²) in [4.78, 5) is 23.9. The summed E-state index contributed by atoms with van der Waals surface area (Å²) in [5.74, 6) is -0.312. The second-order valence-corrected chi connectivity index (χ2v) is 4.62. The molecule has 0 saturated carbocycles. The Morgan fingerprint density at radius 1 is 1.13 bits per heavy atom. The molecule has 0 atom stereocenters. The Bertz CT molecular complexity index is 748. The minimum Gasteiger partial charge on any atom is -0.496 e. The smallest absolute Gasteiger partial charge is 0.255 e. The van der Waals surface area contributed by atoms with Gasteiger partial charge in [-0.05, 0) is 36.4 Å². The highest BCUT2D eigenvalue weighted by Gasteiger charge is 2.12. The number of hydrogen-bond acceptors (Lipinski definition) is 4. The van der Waals surface area contributed by atoms with Gasteiger partial charge in [0.2, 0.25) is 5.91 Å². The van der Waals surface area contributed by atoms with Crippen LogP contribution in [0.5, 0.6) is 5.75 Å². The van der Waals surface area contributed by atoms with Crippen molar-refractivity contribution in [3.63, 3.8) is 0 Å². The summed E-state index contributed by atoms with van der Waals surface area (Å²) in [7, 11) is 1.48. The lowest BCUT2D eigenvalue weighted by molar-refractivity contribution is -0.115. The average molecular weight is 309 g/mol. The Kier molecular flexibility index (Phi) is 5.31. The van der Waals surface area contributed by atoms with Gasteiger partial charge >= 0.3 is 0 Å². The Morgan fingerprint density at radius 2 is 1.83 bits per heavy atom. The number of anilines is 1. The van der Waals surface area contributed by atoms with E-state index < -0.39 is 5.91 Å². The van der Waals surface area contributed by atoms with Crippen molar-refractivity contribution in [3.05, 3.63) is 59.7 Å². The van der Waals surface area contributed by atoms with Crippen LogP contribution in [0.4, 0.5) is 5.69 Å². The number of benzene rings is 2. The van der Waals surface area contributed by atoms with E-state index >= 15 is 0 Å². The van der Waals surface area contributed by atoms with Crippen molar-refractivity contribution in [1.29, 1.82) is 5.26 Å². The summed E-state index contributed by atoms with van der Waals surface area (Å²) in [6.45, 7) is -0.170. The van der Waals surface area contributed by atoms with E-state index in [4.69, 9.17) is 10.00 Å². The zero-order valence-corrected chi connectivity index (χ0v) is 12.5. The number of methoxy groups -OCH3 is 1. The van der Waals surface area contributed by atoms with Gasteiger partial charge in [-0.3, -0.25) is 9.59 Å². The van der Waals surface area contributed by atoms with Gasteiger partial charge < -0.3 is 15.4 Å². The second-order valence-electron chi connectivity index (χ2n) is 4.62. The first kappa shape index (κ1) is 16.0. The summed E-state index contributed by atoms with van der Waals surface area (Å²) < 4.78 is 5.10. The third kappa shape index (κ3) is 4.32. The fraction of sp³-hybridized carbons (Fsp3) is 0.118. The lowest BCUT2D eigenvalue weighted by Crippen LogP contribution is -2.33. The lowest BCUT2D eigenvalue weighted by Gasteiger charge is -2.09. The van der Waals surface area contributed by atoms with Crippen LogP contribution < -0.4 is 15.4 Å². The topological polar surface area (TPSA) is 91.2 Å². The van der Waals surface area contributed by atoms with Crippen LogP contribution >= 0.6 is 0 Å². The summed E-state index contributed by atoms with van der Waals surface area (Å²) in [5.41, 5.74) is 1.43. The average Bonchev–Trinajstić information content (AvgIpc) is 2.60. The fourth-order valence-corrected chi connectivity index (χ4v) is 1.92. The molecule has 2 amide bonds. The quantitative estimate of drug-likeness (QED) is 0.883. The van der Waals surface area contributed by atoms with Gasteiger partial charge in [-0.15, -0.1) is 0 Å². The van der Waals surface area contributed by atoms with E-state index in [9.17, 15) is 9.59 Å². The first-order valence-electron chi connectivity index (χ1n) is 6.85. The van der Waals surface area contributed by atoms with Crippen LogP contribution in [0.2, 0.25) is 0 Å². The number of rotatable bonds is 5. The highest BCUT2D eigenvalue weighted by molar-refractivity contribution is 6.00. The molecule has 0 fully saturated rings. The van der Waals surface area contributed by atoms with E-state index in [1.165, 1.54) is 7.11 Å². The molecule has 0 aliphatic heterocycles. The van der Waals surface area contributed by atoms with Crippen LogP contribution in [0.25, 0.3) is 0 Å². The summed E-state index contributed by atoms with van der Waals surface area (Å²) >= 11 is 0. The van der Waals surface area contributed by atoms with E-state index in [-0.39, 0.29) is 12.5 Å². The molecule has 2 aromatic rings. The van der Waals surface area contributed by atoms with Gasteiger partial charge in [0.1, 0.15) is 5.75 Å². The number of carbonyl (C=O) groups is 2. The molecular formula is C17H15N3O3. The lowest BCUT2D eigenvalue weighted by atomic mass is 10.2. The number of carbonyl (C=O) groups excluding carboxylic acids is 2. The van der Waals surface area contributed by atoms with Gasteiger partial charge in [-0.1, -0.05) is 12.1 Å². The van der Waals surface area contributed by atoms with Crippen molar-refractivity contribution >= 4 is 17.5 Å². The molecule has 6 heteroatoms. The van der Waals surface area contributed by atoms with Gasteiger partial charge in [0.05, 0.1) is 30.9 Å². The van der Waals surface area contributed by atoms with Crippen molar-refractivity contribution in [3.8, 4) is 11.8 Å². The van der Waals surface area contributed by atoms with Crippen LogP contribution in [0.3, 0.4) is 0 Å². The van der Waals surface area contributed by atoms with Gasteiger partial charge in [-0.25, -0.2) is 0 Å². The molecule has 0 aliphatic carbocycles. The van der Waals surface area contributed by atoms with Crippen LogP contribution in [0.1, 0.15) is 15.9 Å². The van der Waals surface area contributed by atoms with E-state index in [0.29, 0.717) is 22.6 Å². The number of para-hydroxylation sites is 1. The molecule has 0 saturated heterocycles. The highest BCUT2D eigenvalue weighted by Crippen LogP contribution is 2.16. The number of ether oxygens (including phenoxy) is 1. The molecule has 2 N–H and O–H groups in total. The van der Waals surface area contributed by atoms with Crippen molar-refractivity contribution in [1.82, 2.24) is 5.32 Å². The number of nitriles is 1. The molecule has 0 bridgehead atoms. The molecule has 0 heterocycles. The molecule has 6 nitrogen and oxygen atoms in total. The minimum absolute atomic E-state index is 0.170. The SMILES string of the molecule is COc1ccccc1C(=O)NCC(=O)Nc1ccc(C#N)cc1. The second kappa shape index (κ2) is 7.61. The van der Waals surface area contributed by atoms with Crippen LogP contribution in [-0.4, -0.2) is 25.5 Å². The summed E-state index contributed by atoms with van der Waals surface area (Å²) in [6, 6.07) is 15.2. The van der Waals surface area contributed by atoms with Crippen LogP contribution in [-0.2, 0) is 4.79 Å². The normalized spacial score (nSPS) is 9.57. The van der Waals surface area contributed by atoms with Gasteiger partial charge in [0.25, 0.3) is 5.91 Å². The largest absolute Gasteiger partial charge is 0.496 e. The van der Waals surface area contributed by atoms with Crippen molar-refractivity contribution in [2.75, 3.05) is 19.0 Å². The molecule has 0 aliphatic rings. The standard InChI is InChI=1S/C17H15N3O3/c1-23-15-5-3-2-4-14(15)17(22)19-11-16(21)20-13-8-6-12(10-18)7-9-13/h2-9H,11H2,1H3,(H,19,22)(H,20,21). The predicted molar refractivity (Wildman–Crippen MR) is 85.1 cm³/mol. The monoisotopic (exact) mass is 309 g/mol. The van der Waals surface area contributed by atoms with Gasteiger partial charge in [-0.2, -0.15) is 5.26 Å². The Labute approximate surface area is 133 Å². The Balaban J connectivity index is 1.91. The Hall–Kier alpha value is -3.33. The zero-order chi connectivity index (χ0) is 16.7. The van der Waals surface area contributed by atoms with E-state index in [0.717, 1.165) is 0 Å². The van der Waals surface area contributed by atoms with Crippen LogP contribution in [0.15, 0.2) is 48.5 Å². The summed E-state index contributed by atoms with van der Waals surface area (Å²) in [6.07, 6.45) is 0. The molecule has 23 heavy (non-hydrogen) atoms. The first-order valence-corrected chi connectivity index (χ1v) is 6.85. The predicted octanol–water partition coefficient (Wildman–Crippen LogP) is 1.94. The van der Waals surface area contributed by atoms with E-state index in [1.807, 2.05) is 6.07 Å². The van der Waals surface area contributed by atoms with Gasteiger partial charge in [0.15, 0.2) is 0 Å². The molecule has 2 rings (SSSR count). The van der Waals surface area contributed by atoms with E-state index in [1.54, 1.807) is 48.5 Å². The van der Waals surface area contributed by atoms with Gasteiger partial charge in [0, 0.05) is 5.69 Å². The summed E-state index contributed by atoms with van der Waals surface area (Å²) in [5, 5.41) is 13.9. The molecule has 0 aromatic heterocycles.